The molecule has 3 aromatic rings. The Hall–Kier alpha value is -2.84. The van der Waals surface area contributed by atoms with Gasteiger partial charge in [-0.25, -0.2) is 14.6 Å². The van der Waals surface area contributed by atoms with E-state index in [9.17, 15) is 5.11 Å². The topological polar surface area (TPSA) is 83.2 Å². The molecule has 35 heavy (non-hydrogen) atoms. The molecule has 8 heteroatoms. The van der Waals surface area contributed by atoms with Crippen molar-refractivity contribution in [3.05, 3.63) is 59.3 Å². The zero-order chi connectivity index (χ0) is 25.0. The van der Waals surface area contributed by atoms with E-state index < -0.39 is 0 Å². The molecule has 0 spiro atoms. The maximum absolute atomic E-state index is 9.68. The summed E-state index contributed by atoms with van der Waals surface area (Å²) in [6, 6.07) is 10.6. The van der Waals surface area contributed by atoms with Crippen LogP contribution in [0.2, 0.25) is 0 Å². The van der Waals surface area contributed by atoms with Crippen LogP contribution < -0.4 is 4.90 Å². The standard InChI is InChI=1S/C27H39N7O/c1-20-16-26(29-21(2)28-20)33(19-27(3,4)5)17-22-6-8-24(9-7-22)34-18-23(30-31-34)10-13-32-14-11-25(35)12-15-32/h6-9,16,18,25,35H,10-15,17,19H2,1-5H3. The second kappa shape index (κ2) is 10.8. The van der Waals surface area contributed by atoms with Crippen LogP contribution in [0.5, 0.6) is 0 Å². The SMILES string of the molecule is Cc1cc(N(Cc2ccc(-n3cc(CCN4CCC(O)CC4)nn3)cc2)CC(C)(C)C)nc(C)n1. The molecule has 0 radical (unpaired) electrons. The Bertz CT molecular complexity index is 1080. The Morgan fingerprint density at radius 2 is 1.77 bits per heavy atom. The fourth-order valence-corrected chi connectivity index (χ4v) is 4.58. The molecule has 3 heterocycles. The molecule has 1 aliphatic rings. The minimum atomic E-state index is -0.134. The van der Waals surface area contributed by atoms with E-state index in [-0.39, 0.29) is 11.5 Å². The third-order valence-corrected chi connectivity index (χ3v) is 6.30. The van der Waals surface area contributed by atoms with Crippen LogP contribution >= 0.6 is 0 Å². The molecule has 1 aliphatic heterocycles. The molecule has 1 fully saturated rings. The monoisotopic (exact) mass is 477 g/mol. The van der Waals surface area contributed by atoms with Crippen LogP contribution in [-0.2, 0) is 13.0 Å². The van der Waals surface area contributed by atoms with E-state index in [4.69, 9.17) is 4.98 Å². The Balaban J connectivity index is 1.41. The first-order valence-electron chi connectivity index (χ1n) is 12.6. The summed E-state index contributed by atoms with van der Waals surface area (Å²) >= 11 is 0. The highest BCUT2D eigenvalue weighted by Gasteiger charge is 2.20. The zero-order valence-electron chi connectivity index (χ0n) is 21.8. The summed E-state index contributed by atoms with van der Waals surface area (Å²) in [7, 11) is 0. The van der Waals surface area contributed by atoms with Gasteiger partial charge in [0, 0.05) is 50.9 Å². The van der Waals surface area contributed by atoms with Gasteiger partial charge < -0.3 is 14.9 Å². The van der Waals surface area contributed by atoms with Crippen molar-refractivity contribution >= 4 is 5.82 Å². The number of aliphatic hydroxyl groups excluding tert-OH is 1. The van der Waals surface area contributed by atoms with Gasteiger partial charge in [-0.05, 0) is 49.8 Å². The number of hydrogen-bond donors (Lipinski definition) is 1. The van der Waals surface area contributed by atoms with Crippen LogP contribution in [0.25, 0.3) is 5.69 Å². The predicted octanol–water partition coefficient (Wildman–Crippen LogP) is 3.73. The van der Waals surface area contributed by atoms with E-state index in [1.54, 1.807) is 0 Å². The molecule has 0 bridgehead atoms. The van der Waals surface area contributed by atoms with Crippen LogP contribution in [0.15, 0.2) is 36.5 Å². The van der Waals surface area contributed by atoms with Crippen LogP contribution in [0.3, 0.4) is 0 Å². The van der Waals surface area contributed by atoms with Crippen molar-refractivity contribution in [2.75, 3.05) is 31.1 Å². The lowest BCUT2D eigenvalue weighted by atomic mass is 9.95. The molecule has 0 unspecified atom stereocenters. The summed E-state index contributed by atoms with van der Waals surface area (Å²) < 4.78 is 1.85. The van der Waals surface area contributed by atoms with Crippen molar-refractivity contribution in [2.45, 2.75) is 66.5 Å². The second-order valence-corrected chi connectivity index (χ2v) is 11.0. The van der Waals surface area contributed by atoms with Crippen molar-refractivity contribution in [1.82, 2.24) is 29.9 Å². The number of anilines is 1. The third-order valence-electron chi connectivity index (χ3n) is 6.30. The first-order valence-corrected chi connectivity index (χ1v) is 12.6. The van der Waals surface area contributed by atoms with E-state index >= 15 is 0 Å². The van der Waals surface area contributed by atoms with E-state index in [1.807, 2.05) is 24.7 Å². The Morgan fingerprint density at radius 3 is 2.43 bits per heavy atom. The Labute approximate surface area is 209 Å². The molecule has 188 valence electrons. The van der Waals surface area contributed by atoms with Crippen molar-refractivity contribution in [1.29, 1.82) is 0 Å². The van der Waals surface area contributed by atoms with Gasteiger partial charge >= 0.3 is 0 Å². The molecule has 0 atom stereocenters. The number of hydrogen-bond acceptors (Lipinski definition) is 7. The molecule has 0 aliphatic carbocycles. The molecular formula is C27H39N7O. The quantitative estimate of drug-likeness (QED) is 0.529. The van der Waals surface area contributed by atoms with Gasteiger partial charge in [0.1, 0.15) is 11.6 Å². The minimum Gasteiger partial charge on any atom is -0.393 e. The van der Waals surface area contributed by atoms with Crippen LogP contribution in [0.1, 0.15) is 56.4 Å². The molecule has 2 aromatic heterocycles. The first-order chi connectivity index (χ1) is 16.6. The summed E-state index contributed by atoms with van der Waals surface area (Å²) in [5.41, 5.74) is 4.34. The second-order valence-electron chi connectivity index (χ2n) is 11.0. The lowest BCUT2D eigenvalue weighted by molar-refractivity contribution is 0.0831. The van der Waals surface area contributed by atoms with E-state index in [0.717, 1.165) is 80.7 Å². The lowest BCUT2D eigenvalue weighted by Crippen LogP contribution is -2.37. The van der Waals surface area contributed by atoms with Gasteiger partial charge in [0.15, 0.2) is 0 Å². The average molecular weight is 478 g/mol. The number of aliphatic hydroxyl groups is 1. The third kappa shape index (κ3) is 7.32. The molecule has 4 rings (SSSR count). The summed E-state index contributed by atoms with van der Waals surface area (Å²) in [6.45, 7) is 15.3. The van der Waals surface area contributed by atoms with Crippen molar-refractivity contribution in [2.24, 2.45) is 5.41 Å². The van der Waals surface area contributed by atoms with Gasteiger partial charge in [0.2, 0.25) is 0 Å². The molecule has 1 saturated heterocycles. The Kier molecular flexibility index (Phi) is 7.82. The smallest absolute Gasteiger partial charge is 0.132 e. The summed E-state index contributed by atoms with van der Waals surface area (Å²) in [4.78, 5) is 13.9. The number of rotatable bonds is 8. The fraction of sp³-hybridized carbons (Fsp3) is 0.556. The number of aryl methyl sites for hydroxylation is 2. The summed E-state index contributed by atoms with van der Waals surface area (Å²) in [6.07, 6.45) is 4.48. The van der Waals surface area contributed by atoms with Crippen LogP contribution in [0.4, 0.5) is 5.82 Å². The van der Waals surface area contributed by atoms with Crippen LogP contribution in [-0.4, -0.2) is 67.3 Å². The predicted molar refractivity (Wildman–Crippen MR) is 139 cm³/mol. The molecule has 1 aromatic carbocycles. The maximum atomic E-state index is 9.68. The molecule has 8 nitrogen and oxygen atoms in total. The fourth-order valence-electron chi connectivity index (χ4n) is 4.58. The highest BCUT2D eigenvalue weighted by molar-refractivity contribution is 5.42. The first kappa shape index (κ1) is 25.3. The lowest BCUT2D eigenvalue weighted by Gasteiger charge is -2.31. The van der Waals surface area contributed by atoms with Crippen molar-refractivity contribution in [3.8, 4) is 5.69 Å². The molecule has 0 saturated carbocycles. The average Bonchev–Trinajstić information content (AvgIpc) is 3.26. The number of likely N-dealkylation sites (tertiary alicyclic amines) is 1. The van der Waals surface area contributed by atoms with Crippen molar-refractivity contribution in [3.63, 3.8) is 0 Å². The number of nitrogens with zero attached hydrogens (tertiary/aromatic N) is 7. The van der Waals surface area contributed by atoms with Gasteiger partial charge in [0.25, 0.3) is 0 Å². The van der Waals surface area contributed by atoms with Gasteiger partial charge in [-0.2, -0.15) is 0 Å². The highest BCUT2D eigenvalue weighted by atomic mass is 16.3. The molecular weight excluding hydrogens is 438 g/mol. The largest absolute Gasteiger partial charge is 0.393 e. The number of benzene rings is 1. The summed E-state index contributed by atoms with van der Waals surface area (Å²) in [5.74, 6) is 1.77. The minimum absolute atomic E-state index is 0.134. The van der Waals surface area contributed by atoms with Crippen molar-refractivity contribution < 1.29 is 5.11 Å². The number of aromatic nitrogens is 5. The normalized spacial score (nSPS) is 15.5. The van der Waals surface area contributed by atoms with E-state index in [2.05, 4.69) is 76.2 Å². The molecule has 0 amide bonds. The van der Waals surface area contributed by atoms with Gasteiger partial charge in [-0.1, -0.05) is 38.1 Å². The highest BCUT2D eigenvalue weighted by Crippen LogP contribution is 2.23. The van der Waals surface area contributed by atoms with Crippen LogP contribution in [0, 0.1) is 19.3 Å². The molecule has 1 N–H and O–H groups in total. The maximum Gasteiger partial charge on any atom is 0.132 e. The number of piperidine rings is 1. The summed E-state index contributed by atoms with van der Waals surface area (Å²) in [5, 5.41) is 18.4. The van der Waals surface area contributed by atoms with E-state index in [1.165, 1.54) is 5.56 Å². The zero-order valence-corrected chi connectivity index (χ0v) is 21.8. The van der Waals surface area contributed by atoms with E-state index in [0.29, 0.717) is 0 Å². The van der Waals surface area contributed by atoms with Gasteiger partial charge in [-0.15, -0.1) is 5.10 Å². The van der Waals surface area contributed by atoms with Gasteiger partial charge in [0.05, 0.1) is 23.7 Å². The van der Waals surface area contributed by atoms with Gasteiger partial charge in [-0.3, -0.25) is 0 Å². The Morgan fingerprint density at radius 1 is 1.06 bits per heavy atom.